The van der Waals surface area contributed by atoms with Crippen LogP contribution < -0.4 is 5.32 Å². The number of likely N-dealkylation sites (tertiary alicyclic amines) is 1. The Hall–Kier alpha value is -1.52. The van der Waals surface area contributed by atoms with E-state index >= 15 is 0 Å². The van der Waals surface area contributed by atoms with E-state index in [-0.39, 0.29) is 11.4 Å². The summed E-state index contributed by atoms with van der Waals surface area (Å²) in [4.78, 5) is 14.4. The molecule has 2 heterocycles. The summed E-state index contributed by atoms with van der Waals surface area (Å²) < 4.78 is 4.98. The molecule has 2 aliphatic rings. The number of hydrogen-bond donors (Lipinski definition) is 1. The number of rotatable bonds is 1. The summed E-state index contributed by atoms with van der Waals surface area (Å²) in [6.07, 6.45) is 3.37. The van der Waals surface area contributed by atoms with Crippen molar-refractivity contribution in [3.05, 3.63) is 11.8 Å². The van der Waals surface area contributed by atoms with Gasteiger partial charge >= 0.3 is 6.03 Å². The van der Waals surface area contributed by atoms with E-state index < -0.39 is 0 Å². The molecular weight excluding hydrogens is 254 g/mol. The molecule has 2 atom stereocenters. The first-order chi connectivity index (χ1) is 9.26. The lowest BCUT2D eigenvalue weighted by molar-refractivity contribution is 0.130. The van der Waals surface area contributed by atoms with Crippen LogP contribution in [0, 0.1) is 17.8 Å². The largest absolute Gasteiger partial charge is 0.360 e. The van der Waals surface area contributed by atoms with Crippen molar-refractivity contribution in [2.24, 2.45) is 10.8 Å². The van der Waals surface area contributed by atoms with Gasteiger partial charge in [0.1, 0.15) is 5.76 Å². The zero-order valence-electron chi connectivity index (χ0n) is 12.7. The van der Waals surface area contributed by atoms with E-state index in [2.05, 4.69) is 31.2 Å². The van der Waals surface area contributed by atoms with Gasteiger partial charge in [-0.25, -0.2) is 4.79 Å². The number of nitrogens with one attached hydrogen (secondary N) is 1. The van der Waals surface area contributed by atoms with Crippen LogP contribution in [-0.2, 0) is 0 Å². The Labute approximate surface area is 119 Å². The molecule has 1 aliphatic carbocycles. The highest BCUT2D eigenvalue weighted by Crippen LogP contribution is 2.52. The summed E-state index contributed by atoms with van der Waals surface area (Å²) >= 11 is 0. The number of amides is 2. The maximum absolute atomic E-state index is 12.5. The van der Waals surface area contributed by atoms with Gasteiger partial charge in [-0.2, -0.15) is 0 Å². The van der Waals surface area contributed by atoms with E-state index in [0.717, 1.165) is 19.4 Å². The van der Waals surface area contributed by atoms with Crippen LogP contribution in [0.3, 0.4) is 0 Å². The molecule has 1 saturated carbocycles. The van der Waals surface area contributed by atoms with Gasteiger partial charge < -0.3 is 9.42 Å². The molecule has 110 valence electrons. The van der Waals surface area contributed by atoms with Crippen LogP contribution >= 0.6 is 0 Å². The number of carbonyl (C=O) groups excluding carboxylic acids is 1. The van der Waals surface area contributed by atoms with Crippen LogP contribution in [-0.4, -0.2) is 28.7 Å². The van der Waals surface area contributed by atoms with Crippen molar-refractivity contribution >= 4 is 11.8 Å². The summed E-state index contributed by atoms with van der Waals surface area (Å²) in [5, 5.41) is 6.67. The third kappa shape index (κ3) is 2.41. The zero-order chi connectivity index (χ0) is 14.5. The first-order valence-corrected chi connectivity index (χ1v) is 7.27. The van der Waals surface area contributed by atoms with Gasteiger partial charge in [0.05, 0.1) is 0 Å². The first-order valence-electron chi connectivity index (χ1n) is 7.27. The van der Waals surface area contributed by atoms with Gasteiger partial charge in [0.15, 0.2) is 5.82 Å². The summed E-state index contributed by atoms with van der Waals surface area (Å²) in [6.45, 7) is 9.56. The lowest BCUT2D eigenvalue weighted by Gasteiger charge is -2.39. The summed E-state index contributed by atoms with van der Waals surface area (Å²) in [5.41, 5.74) is 0.570. The van der Waals surface area contributed by atoms with Crippen LogP contribution in [0.25, 0.3) is 0 Å². The van der Waals surface area contributed by atoms with Crippen molar-refractivity contribution in [3.8, 4) is 0 Å². The average Bonchev–Trinajstić information content (AvgIpc) is 2.78. The van der Waals surface area contributed by atoms with E-state index in [9.17, 15) is 4.79 Å². The van der Waals surface area contributed by atoms with E-state index in [1.54, 1.807) is 6.07 Å². The summed E-state index contributed by atoms with van der Waals surface area (Å²) in [7, 11) is 0. The highest BCUT2D eigenvalue weighted by Gasteiger charge is 2.51. The Balaban J connectivity index is 1.73. The van der Waals surface area contributed by atoms with Crippen LogP contribution in [0.15, 0.2) is 10.6 Å². The van der Waals surface area contributed by atoms with E-state index in [0.29, 0.717) is 23.0 Å². The second-order valence-corrected chi connectivity index (χ2v) is 7.59. The Morgan fingerprint density at radius 2 is 2.20 bits per heavy atom. The fourth-order valence-corrected chi connectivity index (χ4v) is 4.30. The Kier molecular flexibility index (Phi) is 2.85. The number of nitrogens with zero attached hydrogens (tertiary/aromatic N) is 2. The van der Waals surface area contributed by atoms with Crippen molar-refractivity contribution < 1.29 is 9.32 Å². The Morgan fingerprint density at radius 3 is 2.85 bits per heavy atom. The molecule has 1 aromatic rings. The molecule has 1 aromatic heterocycles. The Bertz CT molecular complexity index is 537. The van der Waals surface area contributed by atoms with Gasteiger partial charge in [-0.3, -0.25) is 5.32 Å². The second-order valence-electron chi connectivity index (χ2n) is 7.59. The molecule has 1 N–H and O–H groups in total. The monoisotopic (exact) mass is 277 g/mol. The predicted molar refractivity (Wildman–Crippen MR) is 76.5 cm³/mol. The highest BCUT2D eigenvalue weighted by molar-refractivity contribution is 5.88. The minimum Gasteiger partial charge on any atom is -0.360 e. The number of urea groups is 1. The standard InChI is InChI=1S/C15H23N3O2/c1-10-5-12(17-20-10)16-13(19)18-9-15(4)7-11(18)6-14(2,3)8-15/h5,11H,6-9H2,1-4H3,(H,16,17,19). The lowest BCUT2D eigenvalue weighted by atomic mass is 9.65. The normalized spacial score (nSPS) is 31.4. The maximum Gasteiger partial charge on any atom is 0.323 e. The highest BCUT2D eigenvalue weighted by atomic mass is 16.5. The molecule has 2 amide bonds. The van der Waals surface area contributed by atoms with Gasteiger partial charge in [-0.15, -0.1) is 0 Å². The lowest BCUT2D eigenvalue weighted by Crippen LogP contribution is -2.40. The smallest absolute Gasteiger partial charge is 0.323 e. The third-order valence-corrected chi connectivity index (χ3v) is 4.54. The maximum atomic E-state index is 12.5. The number of carbonyl (C=O) groups is 1. The molecular formula is C15H23N3O2. The molecule has 1 saturated heterocycles. The SMILES string of the molecule is Cc1cc(NC(=O)N2CC3(C)CC2CC(C)(C)C3)no1. The van der Waals surface area contributed by atoms with E-state index in [1.807, 2.05) is 11.8 Å². The quantitative estimate of drug-likeness (QED) is 0.855. The minimum atomic E-state index is -0.0512. The van der Waals surface area contributed by atoms with Crippen LogP contribution in [0.1, 0.15) is 45.8 Å². The number of aromatic nitrogens is 1. The van der Waals surface area contributed by atoms with Crippen molar-refractivity contribution in [1.82, 2.24) is 10.1 Å². The first kappa shape index (κ1) is 13.5. The topological polar surface area (TPSA) is 58.4 Å². The van der Waals surface area contributed by atoms with Gasteiger partial charge in [0, 0.05) is 18.7 Å². The van der Waals surface area contributed by atoms with E-state index in [4.69, 9.17) is 4.52 Å². The van der Waals surface area contributed by atoms with Crippen molar-refractivity contribution in [2.75, 3.05) is 11.9 Å². The summed E-state index contributed by atoms with van der Waals surface area (Å²) in [5.74, 6) is 1.20. The Morgan fingerprint density at radius 1 is 1.45 bits per heavy atom. The molecule has 0 radical (unpaired) electrons. The molecule has 20 heavy (non-hydrogen) atoms. The molecule has 1 aliphatic heterocycles. The van der Waals surface area contributed by atoms with Crippen LogP contribution in [0.5, 0.6) is 0 Å². The number of aryl methyl sites for hydroxylation is 1. The fourth-order valence-electron chi connectivity index (χ4n) is 4.30. The van der Waals surface area contributed by atoms with Crippen molar-refractivity contribution in [1.29, 1.82) is 0 Å². The molecule has 0 spiro atoms. The number of anilines is 1. The third-order valence-electron chi connectivity index (χ3n) is 4.54. The molecule has 5 nitrogen and oxygen atoms in total. The second kappa shape index (κ2) is 4.24. The number of fused-ring (bicyclic) bond motifs is 2. The molecule has 5 heteroatoms. The van der Waals surface area contributed by atoms with Gasteiger partial charge in [-0.1, -0.05) is 25.9 Å². The van der Waals surface area contributed by atoms with Crippen LogP contribution in [0.2, 0.25) is 0 Å². The van der Waals surface area contributed by atoms with E-state index in [1.165, 1.54) is 6.42 Å². The molecule has 2 fully saturated rings. The van der Waals surface area contributed by atoms with Gasteiger partial charge in [0.2, 0.25) is 0 Å². The predicted octanol–water partition coefficient (Wildman–Crippen LogP) is 3.42. The van der Waals surface area contributed by atoms with Crippen molar-refractivity contribution in [2.45, 2.75) is 53.0 Å². The minimum absolute atomic E-state index is 0.0512. The van der Waals surface area contributed by atoms with Crippen molar-refractivity contribution in [3.63, 3.8) is 0 Å². The van der Waals surface area contributed by atoms with Gasteiger partial charge in [-0.05, 0) is 37.0 Å². The number of hydrogen-bond acceptors (Lipinski definition) is 3. The molecule has 3 rings (SSSR count). The van der Waals surface area contributed by atoms with Gasteiger partial charge in [0.25, 0.3) is 0 Å². The molecule has 2 bridgehead atoms. The fraction of sp³-hybridized carbons (Fsp3) is 0.733. The van der Waals surface area contributed by atoms with Crippen LogP contribution in [0.4, 0.5) is 10.6 Å². The molecule has 2 unspecified atom stereocenters. The zero-order valence-corrected chi connectivity index (χ0v) is 12.7. The summed E-state index contributed by atoms with van der Waals surface area (Å²) in [6, 6.07) is 2.03. The molecule has 0 aromatic carbocycles. The average molecular weight is 277 g/mol.